The van der Waals surface area contributed by atoms with Crippen molar-refractivity contribution in [1.82, 2.24) is 19.4 Å². The highest BCUT2D eigenvalue weighted by molar-refractivity contribution is 5.96. The average Bonchev–Trinajstić information content (AvgIpc) is 3.60. The molecule has 2 aromatic heterocycles. The van der Waals surface area contributed by atoms with E-state index in [4.69, 9.17) is 9.72 Å². The molecule has 186 valence electrons. The van der Waals surface area contributed by atoms with E-state index in [0.717, 1.165) is 43.5 Å². The molecule has 7 nitrogen and oxygen atoms in total. The lowest BCUT2D eigenvalue weighted by Gasteiger charge is -2.34. The van der Waals surface area contributed by atoms with Crippen molar-refractivity contribution in [3.63, 3.8) is 0 Å². The van der Waals surface area contributed by atoms with Gasteiger partial charge in [0.15, 0.2) is 5.69 Å². The number of ether oxygens (including phenoxy) is 1. The van der Waals surface area contributed by atoms with Crippen molar-refractivity contribution in [3.8, 4) is 5.75 Å². The third-order valence-corrected chi connectivity index (χ3v) is 7.97. The van der Waals surface area contributed by atoms with Crippen LogP contribution in [0, 0.1) is 5.92 Å². The topological polar surface area (TPSA) is 77.3 Å². The first-order valence-electron chi connectivity index (χ1n) is 13.1. The molecule has 2 fully saturated rings. The highest BCUT2D eigenvalue weighted by atomic mass is 16.5. The van der Waals surface area contributed by atoms with Gasteiger partial charge in [-0.25, -0.2) is 0 Å². The van der Waals surface area contributed by atoms with E-state index in [-0.39, 0.29) is 23.7 Å². The summed E-state index contributed by atoms with van der Waals surface area (Å²) in [7, 11) is 0. The number of amides is 1. The Morgan fingerprint density at radius 1 is 0.972 bits per heavy atom. The fourth-order valence-electron chi connectivity index (χ4n) is 5.84. The van der Waals surface area contributed by atoms with E-state index in [1.807, 2.05) is 58.1 Å². The van der Waals surface area contributed by atoms with Gasteiger partial charge in [-0.3, -0.25) is 14.6 Å². The van der Waals surface area contributed by atoms with Gasteiger partial charge in [0.05, 0.1) is 0 Å². The third-order valence-electron chi connectivity index (χ3n) is 7.97. The van der Waals surface area contributed by atoms with Crippen LogP contribution in [0.15, 0.2) is 59.5 Å². The maximum Gasteiger partial charge on any atom is 0.316 e. The second kappa shape index (κ2) is 9.52. The molecule has 1 aromatic carbocycles. The predicted molar refractivity (Wildman–Crippen MR) is 136 cm³/mol. The summed E-state index contributed by atoms with van der Waals surface area (Å²) in [6, 6.07) is 15.7. The smallest absolute Gasteiger partial charge is 0.316 e. The number of benzene rings is 1. The minimum absolute atomic E-state index is 0.0754. The maximum absolute atomic E-state index is 13.7. The van der Waals surface area contributed by atoms with Crippen LogP contribution in [0.25, 0.3) is 0 Å². The van der Waals surface area contributed by atoms with Gasteiger partial charge in [-0.1, -0.05) is 49.2 Å². The lowest BCUT2D eigenvalue weighted by Crippen LogP contribution is -2.45. The lowest BCUT2D eigenvalue weighted by molar-refractivity contribution is 0.0680. The molecule has 0 saturated heterocycles. The Labute approximate surface area is 211 Å². The number of hydrogen-bond donors (Lipinski definition) is 0. The fraction of sp³-hybridized carbons (Fsp3) is 0.448. The van der Waals surface area contributed by atoms with E-state index in [1.165, 1.54) is 12.8 Å². The van der Waals surface area contributed by atoms with Crippen molar-refractivity contribution in [2.75, 3.05) is 13.1 Å². The molecule has 7 heteroatoms. The van der Waals surface area contributed by atoms with Gasteiger partial charge in [0, 0.05) is 43.4 Å². The summed E-state index contributed by atoms with van der Waals surface area (Å²) in [4.78, 5) is 38.3. The van der Waals surface area contributed by atoms with Crippen molar-refractivity contribution < 1.29 is 9.53 Å². The summed E-state index contributed by atoms with van der Waals surface area (Å²) in [5, 5.41) is 0. The Kier molecular flexibility index (Phi) is 6.07. The Hall–Kier alpha value is -3.48. The van der Waals surface area contributed by atoms with Crippen LogP contribution in [0.4, 0.5) is 0 Å². The summed E-state index contributed by atoms with van der Waals surface area (Å²) < 4.78 is 8.01. The van der Waals surface area contributed by atoms with E-state index in [1.54, 1.807) is 0 Å². The average molecular weight is 485 g/mol. The Balaban J connectivity index is 1.39. The minimum atomic E-state index is -0.456. The van der Waals surface area contributed by atoms with Gasteiger partial charge in [0.25, 0.3) is 5.91 Å². The molecule has 6 rings (SSSR count). The Bertz CT molecular complexity index is 1300. The van der Waals surface area contributed by atoms with Crippen LogP contribution in [0.5, 0.6) is 5.75 Å². The van der Waals surface area contributed by atoms with Gasteiger partial charge in [0.2, 0.25) is 5.75 Å². The third kappa shape index (κ3) is 4.43. The first kappa shape index (κ1) is 23.0. The van der Waals surface area contributed by atoms with Gasteiger partial charge in [-0.15, -0.1) is 0 Å². The summed E-state index contributed by atoms with van der Waals surface area (Å²) in [6.07, 6.45) is 9.03. The number of carbonyl (C=O) groups is 1. The van der Waals surface area contributed by atoms with Crippen LogP contribution in [-0.4, -0.2) is 38.4 Å². The van der Waals surface area contributed by atoms with Crippen LogP contribution in [0.2, 0.25) is 0 Å². The van der Waals surface area contributed by atoms with Crippen LogP contribution < -0.4 is 10.3 Å². The first-order chi connectivity index (χ1) is 17.6. The van der Waals surface area contributed by atoms with E-state index in [0.29, 0.717) is 36.9 Å². The minimum Gasteiger partial charge on any atom is -0.481 e. The Morgan fingerprint density at radius 3 is 2.47 bits per heavy atom. The van der Waals surface area contributed by atoms with E-state index >= 15 is 0 Å². The van der Waals surface area contributed by atoms with Crippen LogP contribution in [0.1, 0.15) is 66.1 Å². The molecule has 2 aliphatic carbocycles. The lowest BCUT2D eigenvalue weighted by atomic mass is 9.78. The normalized spacial score (nSPS) is 18.8. The number of fused-ring (bicyclic) bond motifs is 1. The summed E-state index contributed by atoms with van der Waals surface area (Å²) in [6.45, 7) is 2.23. The molecule has 0 bridgehead atoms. The van der Waals surface area contributed by atoms with E-state index in [9.17, 15) is 9.59 Å². The highest BCUT2D eigenvalue weighted by Crippen LogP contribution is 2.43. The zero-order valence-electron chi connectivity index (χ0n) is 20.6. The van der Waals surface area contributed by atoms with Crippen molar-refractivity contribution in [3.05, 3.63) is 87.9 Å². The van der Waals surface area contributed by atoms with Crippen molar-refractivity contribution in [2.45, 2.75) is 63.5 Å². The molecular formula is C29H32N4O3. The zero-order chi connectivity index (χ0) is 24.5. The summed E-state index contributed by atoms with van der Waals surface area (Å²) >= 11 is 0. The van der Waals surface area contributed by atoms with E-state index < -0.39 is 5.56 Å². The van der Waals surface area contributed by atoms with E-state index in [2.05, 4.69) is 11.1 Å². The largest absolute Gasteiger partial charge is 0.481 e. The number of aromatic nitrogens is 3. The quantitative estimate of drug-likeness (QED) is 0.480. The molecule has 0 radical (unpaired) electrons. The molecule has 2 saturated carbocycles. The number of hydrogen-bond acceptors (Lipinski definition) is 5. The highest BCUT2D eigenvalue weighted by Gasteiger charge is 2.40. The molecule has 3 aromatic rings. The zero-order valence-corrected chi connectivity index (χ0v) is 20.6. The van der Waals surface area contributed by atoms with Crippen molar-refractivity contribution >= 4 is 5.91 Å². The molecule has 3 heterocycles. The Morgan fingerprint density at radius 2 is 1.75 bits per heavy atom. The van der Waals surface area contributed by atoms with Gasteiger partial charge >= 0.3 is 5.56 Å². The van der Waals surface area contributed by atoms with Crippen molar-refractivity contribution in [2.24, 2.45) is 5.92 Å². The second-order valence-electron chi connectivity index (χ2n) is 10.5. The number of rotatable bonds is 8. The second-order valence-corrected chi connectivity index (χ2v) is 10.5. The molecule has 0 spiro atoms. The van der Waals surface area contributed by atoms with Crippen molar-refractivity contribution in [1.29, 1.82) is 0 Å². The molecular weight excluding hydrogens is 452 g/mol. The number of pyridine rings is 1. The standard InChI is InChI=1S/C29H32N4O3/c34-27-26(36-20-22-8-2-1-3-9-22)25-28(35)32(19-21-11-12-21)16-17-33(25)24(31-27)18-29(13-5-6-14-29)23-10-4-7-15-30-23/h1-4,7-10,15,21H,5-6,11-14,16-20H2. The van der Waals surface area contributed by atoms with Gasteiger partial charge in [0.1, 0.15) is 12.4 Å². The first-order valence-corrected chi connectivity index (χ1v) is 13.1. The van der Waals surface area contributed by atoms with Crippen LogP contribution >= 0.6 is 0 Å². The van der Waals surface area contributed by atoms with Gasteiger partial charge in [-0.2, -0.15) is 4.98 Å². The summed E-state index contributed by atoms with van der Waals surface area (Å²) in [5.74, 6) is 1.21. The molecule has 3 aliphatic rings. The number of nitrogens with zero attached hydrogens (tertiary/aromatic N) is 4. The molecule has 0 atom stereocenters. The molecule has 1 aliphatic heterocycles. The van der Waals surface area contributed by atoms with Gasteiger partial charge in [-0.05, 0) is 49.3 Å². The summed E-state index contributed by atoms with van der Waals surface area (Å²) in [5.41, 5.74) is 1.73. The molecule has 1 amide bonds. The SMILES string of the molecule is O=C1c2c(OCc3ccccc3)c(=O)nc(CC3(c4ccccn4)CCCC3)n2CCN1CC1CC1. The predicted octanol–water partition coefficient (Wildman–Crippen LogP) is 4.14. The maximum atomic E-state index is 13.7. The molecule has 36 heavy (non-hydrogen) atoms. The monoisotopic (exact) mass is 484 g/mol. The molecule has 0 unspecified atom stereocenters. The fourth-order valence-corrected chi connectivity index (χ4v) is 5.84. The number of carbonyl (C=O) groups excluding carboxylic acids is 1. The van der Waals surface area contributed by atoms with Crippen LogP contribution in [-0.2, 0) is 25.0 Å². The van der Waals surface area contributed by atoms with Gasteiger partial charge < -0.3 is 14.2 Å². The van der Waals surface area contributed by atoms with Crippen LogP contribution in [0.3, 0.4) is 0 Å². The molecule has 0 N–H and O–H groups in total.